The lowest BCUT2D eigenvalue weighted by Crippen LogP contribution is -2.28. The second-order valence-electron chi connectivity index (χ2n) is 15.5. The fourth-order valence-corrected chi connectivity index (χ4v) is 8.57. The first-order chi connectivity index (χ1) is 28.5. The van der Waals surface area contributed by atoms with E-state index in [0.717, 1.165) is 28.3 Å². The Morgan fingerprint density at radius 1 is 0.833 bits per heavy atom. The Hall–Kier alpha value is -4.39. The van der Waals surface area contributed by atoms with E-state index in [2.05, 4.69) is 70.7 Å². The van der Waals surface area contributed by atoms with Gasteiger partial charge in [0.2, 0.25) is 5.69 Å². The summed E-state index contributed by atoms with van der Waals surface area (Å²) in [6.07, 6.45) is 11.7. The van der Waals surface area contributed by atoms with Crippen molar-refractivity contribution in [2.45, 2.75) is 64.2 Å². The van der Waals surface area contributed by atoms with Crippen molar-refractivity contribution in [2.75, 3.05) is 82.2 Å². The number of allylic oxidation sites excluding steroid dienone is 6. The number of rotatable bonds is 26. The van der Waals surface area contributed by atoms with Gasteiger partial charge in [-0.15, -0.1) is 0 Å². The first kappa shape index (κ1) is 48.3. The lowest BCUT2D eigenvalue weighted by molar-refractivity contribution is -0.438. The predicted octanol–water partition coefficient (Wildman–Crippen LogP) is 6.28. The summed E-state index contributed by atoms with van der Waals surface area (Å²) in [6.45, 7) is 12.3. The van der Waals surface area contributed by atoms with Crippen LogP contribution in [-0.4, -0.2) is 119 Å². The van der Waals surface area contributed by atoms with Crippen LogP contribution in [0.5, 0.6) is 0 Å². The van der Waals surface area contributed by atoms with Crippen LogP contribution in [0.25, 0.3) is 10.4 Å². The number of anilines is 1. The minimum absolute atomic E-state index is 0.240. The number of nitrogens with one attached hydrogen (secondary N) is 1. The number of azide groups is 1. The molecule has 1 amide bonds. The molecular formula is C42H59N6O10S2+. The molecule has 3 N–H and O–H groups in total. The number of carbonyl (C=O) groups is 1. The zero-order valence-corrected chi connectivity index (χ0v) is 36.6. The van der Waals surface area contributed by atoms with Gasteiger partial charge in [0, 0.05) is 71.0 Å². The number of fused-ring (bicyclic) bond motifs is 2. The van der Waals surface area contributed by atoms with E-state index in [1.54, 1.807) is 6.07 Å². The van der Waals surface area contributed by atoms with E-state index in [9.17, 15) is 30.7 Å². The highest BCUT2D eigenvalue weighted by atomic mass is 32.2. The molecule has 2 aliphatic heterocycles. The highest BCUT2D eigenvalue weighted by Crippen LogP contribution is 2.48. The van der Waals surface area contributed by atoms with Gasteiger partial charge in [0.15, 0.2) is 5.71 Å². The van der Waals surface area contributed by atoms with Crippen LogP contribution in [0, 0.1) is 0 Å². The van der Waals surface area contributed by atoms with E-state index in [4.69, 9.17) is 19.7 Å². The van der Waals surface area contributed by atoms with Gasteiger partial charge in [-0.25, -0.2) is 0 Å². The summed E-state index contributed by atoms with van der Waals surface area (Å²) in [5.41, 5.74) is 14.0. The van der Waals surface area contributed by atoms with Crippen molar-refractivity contribution in [3.63, 3.8) is 0 Å². The van der Waals surface area contributed by atoms with E-state index in [0.29, 0.717) is 84.1 Å². The van der Waals surface area contributed by atoms with E-state index in [-0.39, 0.29) is 35.8 Å². The van der Waals surface area contributed by atoms with E-state index < -0.39 is 25.7 Å². The normalized spacial score (nSPS) is 16.5. The topological polar surface area (TPSA) is 221 Å². The summed E-state index contributed by atoms with van der Waals surface area (Å²) in [4.78, 5) is 18.0. The maximum atomic E-state index is 13.2. The van der Waals surface area contributed by atoms with E-state index in [1.807, 2.05) is 48.6 Å². The standard InChI is InChI=1S/C42H58N6O10S2/c1-41(2)34-14-8-9-15-36(34)47(22-10-12-30-59(50,51)52)38(41)16-6-5-7-17-39-42(3,4)35-32-33(18-19-37(35)48(39)23-11-13-31-60(53,54)55)40(49)44-20-24-56-26-28-58-29-27-57-25-21-45-46-43/h5-9,14-19,32H,10-13,20-31H2,1-4H3,(H2-,44,49,50,51,52,53,54,55)/p+1. The van der Waals surface area contributed by atoms with E-state index in [1.165, 1.54) is 5.56 Å². The molecule has 0 spiro atoms. The van der Waals surface area contributed by atoms with Gasteiger partial charge in [0.25, 0.3) is 26.1 Å². The van der Waals surface area contributed by atoms with Gasteiger partial charge in [0.05, 0.1) is 56.6 Å². The fraction of sp³-hybridized carbons (Fsp3) is 0.524. The third-order valence-corrected chi connectivity index (χ3v) is 12.0. The van der Waals surface area contributed by atoms with Crippen molar-refractivity contribution < 1.29 is 49.5 Å². The molecule has 60 heavy (non-hydrogen) atoms. The van der Waals surface area contributed by atoms with Crippen molar-refractivity contribution in [1.29, 1.82) is 0 Å². The molecule has 0 fully saturated rings. The molecule has 2 heterocycles. The lowest BCUT2D eigenvalue weighted by atomic mass is 9.81. The number of carbonyl (C=O) groups excluding carboxylic acids is 1. The molecular weight excluding hydrogens is 813 g/mol. The fourth-order valence-electron chi connectivity index (χ4n) is 7.44. The first-order valence-electron chi connectivity index (χ1n) is 20.1. The molecule has 4 rings (SSSR count). The second kappa shape index (κ2) is 22.5. The van der Waals surface area contributed by atoms with Gasteiger partial charge in [-0.05, 0) is 68.5 Å². The molecule has 2 aliphatic rings. The summed E-state index contributed by atoms with van der Waals surface area (Å²) < 4.78 is 82.6. The zero-order valence-electron chi connectivity index (χ0n) is 35.0. The smallest absolute Gasteiger partial charge is 0.264 e. The van der Waals surface area contributed by atoms with Gasteiger partial charge >= 0.3 is 0 Å². The van der Waals surface area contributed by atoms with Crippen molar-refractivity contribution in [1.82, 2.24) is 5.32 Å². The molecule has 2 aromatic rings. The summed E-state index contributed by atoms with van der Waals surface area (Å²) in [5, 5.41) is 6.30. The van der Waals surface area contributed by atoms with Crippen molar-refractivity contribution >= 4 is 43.2 Å². The van der Waals surface area contributed by atoms with Crippen LogP contribution in [-0.2, 0) is 45.3 Å². The molecule has 2 aromatic carbocycles. The third-order valence-electron chi connectivity index (χ3n) is 10.4. The molecule has 0 aliphatic carbocycles. The van der Waals surface area contributed by atoms with Crippen molar-refractivity contribution in [2.24, 2.45) is 5.11 Å². The van der Waals surface area contributed by atoms with Crippen molar-refractivity contribution in [3.8, 4) is 0 Å². The monoisotopic (exact) mass is 871 g/mol. The Balaban J connectivity index is 1.44. The largest absolute Gasteiger partial charge is 0.379 e. The van der Waals surface area contributed by atoms with Crippen LogP contribution < -0.4 is 10.2 Å². The Morgan fingerprint density at radius 3 is 2.17 bits per heavy atom. The van der Waals surface area contributed by atoms with Crippen LogP contribution in [0.2, 0.25) is 0 Å². The average Bonchev–Trinajstić information content (AvgIpc) is 3.53. The van der Waals surface area contributed by atoms with Crippen LogP contribution in [0.15, 0.2) is 83.7 Å². The molecule has 18 heteroatoms. The molecule has 0 atom stereocenters. The highest BCUT2D eigenvalue weighted by Gasteiger charge is 2.44. The van der Waals surface area contributed by atoms with Gasteiger partial charge in [-0.1, -0.05) is 55.4 Å². The summed E-state index contributed by atoms with van der Waals surface area (Å²) in [5.74, 6) is -0.852. The van der Waals surface area contributed by atoms with Crippen LogP contribution in [0.3, 0.4) is 0 Å². The molecule has 0 saturated carbocycles. The Kier molecular flexibility index (Phi) is 18.1. The number of benzene rings is 2. The molecule has 0 aromatic heterocycles. The molecule has 0 radical (unpaired) electrons. The second-order valence-corrected chi connectivity index (χ2v) is 18.7. The number of amides is 1. The van der Waals surface area contributed by atoms with Crippen LogP contribution in [0.1, 0.15) is 74.9 Å². The SMILES string of the molecule is CC1(C)C(/C=C/C=C/C=C2/N(CCCCS(=O)(=O)O)c3ccc(C(=O)NCCOCCOCCOCCN=[N+]=[N-])cc3C2(C)C)=[N+](CCCCS(=O)(=O)O)c2ccccc21. The maximum Gasteiger partial charge on any atom is 0.264 e. The average molecular weight is 872 g/mol. The zero-order chi connectivity index (χ0) is 43.8. The van der Waals surface area contributed by atoms with Crippen LogP contribution in [0.4, 0.5) is 11.4 Å². The molecule has 16 nitrogen and oxygen atoms in total. The van der Waals surface area contributed by atoms with Gasteiger partial charge in [-0.2, -0.15) is 21.4 Å². The Bertz CT molecular complexity index is 2190. The molecule has 0 bridgehead atoms. The number of hydrogen-bond acceptors (Lipinski definition) is 10. The van der Waals surface area contributed by atoms with Gasteiger partial charge in [-0.3, -0.25) is 13.9 Å². The Morgan fingerprint density at radius 2 is 1.48 bits per heavy atom. The van der Waals surface area contributed by atoms with Crippen LogP contribution >= 0.6 is 0 Å². The predicted molar refractivity (Wildman–Crippen MR) is 233 cm³/mol. The number of hydrogen-bond donors (Lipinski definition) is 3. The van der Waals surface area contributed by atoms with Gasteiger partial charge < -0.3 is 24.4 Å². The molecule has 0 saturated heterocycles. The summed E-state index contributed by atoms with van der Waals surface area (Å²) >= 11 is 0. The Labute approximate surface area is 354 Å². The number of nitrogens with zero attached hydrogens (tertiary/aromatic N) is 5. The highest BCUT2D eigenvalue weighted by molar-refractivity contribution is 7.86. The number of unbranched alkanes of at least 4 members (excludes halogenated alkanes) is 2. The first-order valence-corrected chi connectivity index (χ1v) is 23.3. The van der Waals surface area contributed by atoms with Gasteiger partial charge in [0.1, 0.15) is 6.54 Å². The molecule has 0 unspecified atom stereocenters. The minimum atomic E-state index is -4.09. The number of ether oxygens (including phenoxy) is 3. The maximum absolute atomic E-state index is 13.2. The lowest BCUT2D eigenvalue weighted by Gasteiger charge is -2.27. The third kappa shape index (κ3) is 14.1. The summed E-state index contributed by atoms with van der Waals surface area (Å²) in [6, 6.07) is 13.7. The summed E-state index contributed by atoms with van der Waals surface area (Å²) in [7, 11) is -8.12. The van der Waals surface area contributed by atoms with E-state index >= 15 is 0 Å². The quantitative estimate of drug-likeness (QED) is 0.0182. The van der Waals surface area contributed by atoms with Crippen molar-refractivity contribution in [3.05, 3.63) is 106 Å². The molecule has 328 valence electrons. The number of para-hydroxylation sites is 1. The minimum Gasteiger partial charge on any atom is -0.379 e.